The van der Waals surface area contributed by atoms with Gasteiger partial charge in [0.2, 0.25) is 0 Å². The number of nitrogens with one attached hydrogen (secondary N) is 1. The third-order valence-electron chi connectivity index (χ3n) is 4.63. The Bertz CT molecular complexity index is 539. The van der Waals surface area contributed by atoms with Crippen LogP contribution in [-0.4, -0.2) is 6.54 Å². The Hall–Kier alpha value is -1.28. The van der Waals surface area contributed by atoms with Crippen molar-refractivity contribution in [1.29, 1.82) is 0 Å². The van der Waals surface area contributed by atoms with Gasteiger partial charge in [-0.3, -0.25) is 0 Å². The summed E-state index contributed by atoms with van der Waals surface area (Å²) < 4.78 is 5.73. The smallest absolute Gasteiger partial charge is 0.134 e. The lowest BCUT2D eigenvalue weighted by Crippen LogP contribution is -2.24. The van der Waals surface area contributed by atoms with Crippen LogP contribution >= 0.6 is 0 Å². The van der Waals surface area contributed by atoms with E-state index in [0.717, 1.165) is 18.0 Å². The van der Waals surface area contributed by atoms with E-state index in [9.17, 15) is 0 Å². The molecule has 0 bridgehead atoms. The lowest BCUT2D eigenvalue weighted by atomic mass is 9.83. The van der Waals surface area contributed by atoms with Crippen LogP contribution in [0.2, 0.25) is 0 Å². The van der Waals surface area contributed by atoms with Crippen LogP contribution in [-0.2, 0) is 0 Å². The lowest BCUT2D eigenvalue weighted by molar-refractivity contribution is 0.301. The fourth-order valence-electron chi connectivity index (χ4n) is 3.59. The number of para-hydroxylation sites is 1. The van der Waals surface area contributed by atoms with E-state index in [2.05, 4.69) is 30.4 Å². The zero-order chi connectivity index (χ0) is 13.8. The zero-order valence-electron chi connectivity index (χ0n) is 12.4. The van der Waals surface area contributed by atoms with Gasteiger partial charge < -0.3 is 9.73 Å². The van der Waals surface area contributed by atoms with Gasteiger partial charge in [-0.05, 0) is 24.9 Å². The summed E-state index contributed by atoms with van der Waals surface area (Å²) in [5.41, 5.74) is 2.35. The third-order valence-corrected chi connectivity index (χ3v) is 4.63. The SMILES string of the molecule is CCNC(CC1CCCCC1)c1coc2ccccc12. The summed E-state index contributed by atoms with van der Waals surface area (Å²) in [4.78, 5) is 0. The van der Waals surface area contributed by atoms with Crippen molar-refractivity contribution in [2.45, 2.75) is 51.5 Å². The summed E-state index contributed by atoms with van der Waals surface area (Å²) in [6, 6.07) is 8.82. The molecule has 20 heavy (non-hydrogen) atoms. The Morgan fingerprint density at radius 3 is 2.80 bits per heavy atom. The highest BCUT2D eigenvalue weighted by Crippen LogP contribution is 2.35. The molecule has 0 spiro atoms. The summed E-state index contributed by atoms with van der Waals surface area (Å²) in [7, 11) is 0. The van der Waals surface area contributed by atoms with E-state index < -0.39 is 0 Å². The van der Waals surface area contributed by atoms with Crippen molar-refractivity contribution >= 4 is 11.0 Å². The highest BCUT2D eigenvalue weighted by molar-refractivity contribution is 5.81. The van der Waals surface area contributed by atoms with E-state index in [-0.39, 0.29) is 0 Å². The molecule has 1 N–H and O–H groups in total. The highest BCUT2D eigenvalue weighted by Gasteiger charge is 2.22. The average Bonchev–Trinajstić information content (AvgIpc) is 2.92. The van der Waals surface area contributed by atoms with Gasteiger partial charge in [0.1, 0.15) is 5.58 Å². The van der Waals surface area contributed by atoms with Crippen LogP contribution in [0, 0.1) is 5.92 Å². The number of rotatable bonds is 5. The van der Waals surface area contributed by atoms with Gasteiger partial charge in [-0.2, -0.15) is 0 Å². The normalized spacial score (nSPS) is 18.4. The Labute approximate surface area is 121 Å². The Morgan fingerprint density at radius 1 is 1.20 bits per heavy atom. The van der Waals surface area contributed by atoms with Gasteiger partial charge in [0.25, 0.3) is 0 Å². The predicted octanol–water partition coefficient (Wildman–Crippen LogP) is 5.05. The topological polar surface area (TPSA) is 25.2 Å². The van der Waals surface area contributed by atoms with Gasteiger partial charge in [0.15, 0.2) is 0 Å². The van der Waals surface area contributed by atoms with Crippen molar-refractivity contribution < 1.29 is 4.42 Å². The number of hydrogen-bond donors (Lipinski definition) is 1. The monoisotopic (exact) mass is 271 g/mol. The Balaban J connectivity index is 1.81. The maximum atomic E-state index is 5.73. The van der Waals surface area contributed by atoms with Crippen molar-refractivity contribution in [1.82, 2.24) is 5.32 Å². The number of benzene rings is 1. The first-order chi connectivity index (χ1) is 9.88. The lowest BCUT2D eigenvalue weighted by Gasteiger charge is -2.26. The van der Waals surface area contributed by atoms with Crippen LogP contribution in [0.4, 0.5) is 0 Å². The van der Waals surface area contributed by atoms with Gasteiger partial charge in [0.05, 0.1) is 6.26 Å². The van der Waals surface area contributed by atoms with E-state index in [4.69, 9.17) is 4.42 Å². The van der Waals surface area contributed by atoms with Crippen molar-refractivity contribution in [3.63, 3.8) is 0 Å². The molecule has 0 aliphatic heterocycles. The predicted molar refractivity (Wildman–Crippen MR) is 83.8 cm³/mol. The number of hydrogen-bond acceptors (Lipinski definition) is 2. The molecular weight excluding hydrogens is 246 g/mol. The largest absolute Gasteiger partial charge is 0.464 e. The molecule has 3 rings (SSSR count). The summed E-state index contributed by atoms with van der Waals surface area (Å²) >= 11 is 0. The van der Waals surface area contributed by atoms with Crippen molar-refractivity contribution in [3.8, 4) is 0 Å². The van der Waals surface area contributed by atoms with E-state index in [1.165, 1.54) is 49.5 Å². The van der Waals surface area contributed by atoms with E-state index >= 15 is 0 Å². The first-order valence-corrected chi connectivity index (χ1v) is 8.08. The summed E-state index contributed by atoms with van der Waals surface area (Å²) in [6.07, 6.45) is 10.3. The molecule has 1 aromatic heterocycles. The molecule has 2 heteroatoms. The van der Waals surface area contributed by atoms with E-state index in [1.807, 2.05) is 12.3 Å². The van der Waals surface area contributed by atoms with E-state index in [1.54, 1.807) is 0 Å². The minimum Gasteiger partial charge on any atom is -0.464 e. The molecule has 108 valence electrons. The van der Waals surface area contributed by atoms with Crippen molar-refractivity contribution in [2.75, 3.05) is 6.54 Å². The maximum absolute atomic E-state index is 5.73. The molecular formula is C18H25NO. The molecule has 1 fully saturated rings. The molecule has 1 aromatic carbocycles. The molecule has 0 saturated heterocycles. The second-order valence-electron chi connectivity index (χ2n) is 6.04. The van der Waals surface area contributed by atoms with Crippen molar-refractivity contribution in [3.05, 3.63) is 36.1 Å². The third kappa shape index (κ3) is 2.90. The van der Waals surface area contributed by atoms with Gasteiger partial charge in [-0.1, -0.05) is 57.2 Å². The second-order valence-corrected chi connectivity index (χ2v) is 6.04. The molecule has 1 saturated carbocycles. The molecule has 2 aromatic rings. The minimum absolute atomic E-state index is 0.437. The van der Waals surface area contributed by atoms with E-state index in [0.29, 0.717) is 6.04 Å². The Morgan fingerprint density at radius 2 is 2.00 bits per heavy atom. The van der Waals surface area contributed by atoms with Gasteiger partial charge in [0, 0.05) is 17.0 Å². The second kappa shape index (κ2) is 6.45. The number of fused-ring (bicyclic) bond motifs is 1. The molecule has 2 nitrogen and oxygen atoms in total. The first-order valence-electron chi connectivity index (χ1n) is 8.08. The standard InChI is InChI=1S/C18H25NO/c1-2-19-17(12-14-8-4-3-5-9-14)16-13-20-18-11-7-6-10-15(16)18/h6-7,10-11,13-14,17,19H,2-5,8-9,12H2,1H3. The molecule has 0 radical (unpaired) electrons. The molecule has 1 unspecified atom stereocenters. The average molecular weight is 271 g/mol. The zero-order valence-corrected chi connectivity index (χ0v) is 12.4. The van der Waals surface area contributed by atoms with Crippen LogP contribution in [0.25, 0.3) is 11.0 Å². The molecule has 1 atom stereocenters. The summed E-state index contributed by atoms with van der Waals surface area (Å²) in [5, 5.41) is 4.94. The molecule has 1 aliphatic rings. The van der Waals surface area contributed by atoms with Gasteiger partial charge >= 0.3 is 0 Å². The van der Waals surface area contributed by atoms with Crippen molar-refractivity contribution in [2.24, 2.45) is 5.92 Å². The molecule has 1 heterocycles. The van der Waals surface area contributed by atoms with Gasteiger partial charge in [-0.25, -0.2) is 0 Å². The van der Waals surface area contributed by atoms with Crippen LogP contribution in [0.3, 0.4) is 0 Å². The van der Waals surface area contributed by atoms with Crippen LogP contribution < -0.4 is 5.32 Å². The fraction of sp³-hybridized carbons (Fsp3) is 0.556. The summed E-state index contributed by atoms with van der Waals surface area (Å²) in [6.45, 7) is 3.20. The summed E-state index contributed by atoms with van der Waals surface area (Å²) in [5.74, 6) is 0.876. The quantitative estimate of drug-likeness (QED) is 0.822. The number of furan rings is 1. The maximum Gasteiger partial charge on any atom is 0.134 e. The highest BCUT2D eigenvalue weighted by atomic mass is 16.3. The Kier molecular flexibility index (Phi) is 4.41. The van der Waals surface area contributed by atoms with Gasteiger partial charge in [-0.15, -0.1) is 0 Å². The molecule has 1 aliphatic carbocycles. The van der Waals surface area contributed by atoms with Crippen LogP contribution in [0.15, 0.2) is 34.9 Å². The molecule has 0 amide bonds. The minimum atomic E-state index is 0.437. The fourth-order valence-corrected chi connectivity index (χ4v) is 3.59. The van der Waals surface area contributed by atoms with Crippen LogP contribution in [0.5, 0.6) is 0 Å². The van der Waals surface area contributed by atoms with Crippen LogP contribution in [0.1, 0.15) is 57.1 Å². The first kappa shape index (κ1) is 13.7.